The molecule has 0 aromatic heterocycles. The summed E-state index contributed by atoms with van der Waals surface area (Å²) >= 11 is 0. The van der Waals surface area contributed by atoms with Gasteiger partial charge in [-0.2, -0.15) is 0 Å². The number of likely N-dealkylation sites (N-methyl/N-ethyl adjacent to an activating group) is 1. The monoisotopic (exact) mass is 385 g/mol. The fourth-order valence-electron chi connectivity index (χ4n) is 3.37. The highest BCUT2D eigenvalue weighted by atomic mass is 16.6. The SMILES string of the molecule is CN(Cc1ccc2c(c1)OCCO2)C[C@H](O)COc1ccccc1C(C)(C)C. The molecule has 0 unspecified atom stereocenters. The van der Waals surface area contributed by atoms with E-state index >= 15 is 0 Å². The van der Waals surface area contributed by atoms with Gasteiger partial charge in [0.05, 0.1) is 0 Å². The Kier molecular flexibility index (Phi) is 6.47. The van der Waals surface area contributed by atoms with E-state index in [1.165, 1.54) is 0 Å². The third kappa shape index (κ3) is 5.40. The smallest absolute Gasteiger partial charge is 0.161 e. The normalized spacial score (nSPS) is 14.8. The molecule has 0 radical (unpaired) electrons. The molecular formula is C23H31NO4. The third-order valence-electron chi connectivity index (χ3n) is 4.71. The van der Waals surface area contributed by atoms with Crippen LogP contribution in [0.1, 0.15) is 31.9 Å². The molecule has 0 saturated carbocycles. The third-order valence-corrected chi connectivity index (χ3v) is 4.71. The van der Waals surface area contributed by atoms with Gasteiger partial charge < -0.3 is 19.3 Å². The molecule has 5 heteroatoms. The number of hydrogen-bond donors (Lipinski definition) is 1. The maximum Gasteiger partial charge on any atom is 0.161 e. The minimum absolute atomic E-state index is 0.00340. The van der Waals surface area contributed by atoms with Gasteiger partial charge in [0, 0.05) is 13.1 Å². The fraction of sp³-hybridized carbons (Fsp3) is 0.478. The molecule has 1 N–H and O–H groups in total. The van der Waals surface area contributed by atoms with Crippen molar-refractivity contribution in [1.29, 1.82) is 0 Å². The Balaban J connectivity index is 1.52. The highest BCUT2D eigenvalue weighted by Crippen LogP contribution is 2.32. The second-order valence-corrected chi connectivity index (χ2v) is 8.39. The summed E-state index contributed by atoms with van der Waals surface area (Å²) in [5.41, 5.74) is 2.26. The Labute approximate surface area is 167 Å². The van der Waals surface area contributed by atoms with Gasteiger partial charge >= 0.3 is 0 Å². The van der Waals surface area contributed by atoms with Crippen LogP contribution in [0.2, 0.25) is 0 Å². The van der Waals surface area contributed by atoms with Crippen molar-refractivity contribution >= 4 is 0 Å². The Morgan fingerprint density at radius 1 is 1.07 bits per heavy atom. The van der Waals surface area contributed by atoms with Gasteiger partial charge in [-0.3, -0.25) is 4.90 Å². The van der Waals surface area contributed by atoms with Gasteiger partial charge in [-0.25, -0.2) is 0 Å². The Bertz CT molecular complexity index is 784. The highest BCUT2D eigenvalue weighted by molar-refractivity contribution is 5.43. The van der Waals surface area contributed by atoms with Crippen LogP contribution in [0.3, 0.4) is 0 Å². The van der Waals surface area contributed by atoms with Crippen LogP contribution in [0.25, 0.3) is 0 Å². The summed E-state index contributed by atoms with van der Waals surface area (Å²) in [6.07, 6.45) is -0.574. The van der Waals surface area contributed by atoms with Crippen LogP contribution in [-0.4, -0.2) is 49.5 Å². The quantitative estimate of drug-likeness (QED) is 0.789. The molecule has 0 aliphatic carbocycles. The van der Waals surface area contributed by atoms with Crippen LogP contribution in [0.5, 0.6) is 17.2 Å². The number of aliphatic hydroxyl groups excluding tert-OH is 1. The first kappa shape index (κ1) is 20.5. The first-order valence-corrected chi connectivity index (χ1v) is 9.80. The van der Waals surface area contributed by atoms with Crippen molar-refractivity contribution in [2.45, 2.75) is 38.8 Å². The molecule has 1 atom stereocenters. The van der Waals surface area contributed by atoms with Crippen LogP contribution >= 0.6 is 0 Å². The molecule has 2 aromatic rings. The summed E-state index contributed by atoms with van der Waals surface area (Å²) in [4.78, 5) is 2.08. The maximum atomic E-state index is 10.4. The van der Waals surface area contributed by atoms with E-state index in [1.54, 1.807) is 0 Å². The Morgan fingerprint density at radius 2 is 1.79 bits per heavy atom. The van der Waals surface area contributed by atoms with Gasteiger partial charge in [-0.05, 0) is 41.8 Å². The summed E-state index contributed by atoms with van der Waals surface area (Å²) in [6, 6.07) is 14.0. The van der Waals surface area contributed by atoms with Crippen LogP contribution < -0.4 is 14.2 Å². The molecule has 0 amide bonds. The molecule has 0 bridgehead atoms. The Hall–Kier alpha value is -2.24. The lowest BCUT2D eigenvalue weighted by atomic mass is 9.86. The number of nitrogens with zero attached hydrogens (tertiary/aromatic N) is 1. The largest absolute Gasteiger partial charge is 0.491 e. The summed E-state index contributed by atoms with van der Waals surface area (Å²) in [7, 11) is 1.99. The zero-order valence-electron chi connectivity index (χ0n) is 17.3. The topological polar surface area (TPSA) is 51.2 Å². The fourth-order valence-corrected chi connectivity index (χ4v) is 3.37. The van der Waals surface area contributed by atoms with Crippen molar-refractivity contribution in [3.8, 4) is 17.2 Å². The second kappa shape index (κ2) is 8.84. The first-order valence-electron chi connectivity index (χ1n) is 9.80. The minimum atomic E-state index is -0.574. The van der Waals surface area contributed by atoms with Crippen molar-refractivity contribution in [2.24, 2.45) is 0 Å². The predicted octanol–water partition coefficient (Wildman–Crippen LogP) is 3.63. The molecule has 1 aliphatic rings. The molecule has 0 saturated heterocycles. The molecule has 5 nitrogen and oxygen atoms in total. The first-order chi connectivity index (χ1) is 13.3. The number of ether oxygens (including phenoxy) is 3. The summed E-state index contributed by atoms with van der Waals surface area (Å²) < 4.78 is 17.1. The maximum absolute atomic E-state index is 10.4. The van der Waals surface area contributed by atoms with Gasteiger partial charge in [0.15, 0.2) is 11.5 Å². The average molecular weight is 386 g/mol. The van der Waals surface area contributed by atoms with E-state index in [2.05, 4.69) is 31.7 Å². The minimum Gasteiger partial charge on any atom is -0.491 e. The van der Waals surface area contributed by atoms with E-state index in [0.29, 0.717) is 26.3 Å². The molecule has 28 heavy (non-hydrogen) atoms. The molecule has 1 heterocycles. The number of aliphatic hydroxyl groups is 1. The summed E-state index contributed by atoms with van der Waals surface area (Å²) in [6.45, 7) is 9.15. The summed E-state index contributed by atoms with van der Waals surface area (Å²) in [5.74, 6) is 2.42. The van der Waals surface area contributed by atoms with Crippen LogP contribution in [0, 0.1) is 0 Å². The number of benzene rings is 2. The van der Waals surface area contributed by atoms with Crippen LogP contribution in [0.4, 0.5) is 0 Å². The lowest BCUT2D eigenvalue weighted by Gasteiger charge is -2.25. The molecule has 2 aromatic carbocycles. The second-order valence-electron chi connectivity index (χ2n) is 8.39. The average Bonchev–Trinajstić information content (AvgIpc) is 2.65. The Morgan fingerprint density at radius 3 is 2.54 bits per heavy atom. The van der Waals surface area contributed by atoms with Gasteiger partial charge in [0.2, 0.25) is 0 Å². The number of para-hydroxylation sites is 1. The molecule has 3 rings (SSSR count). The molecular weight excluding hydrogens is 354 g/mol. The molecule has 0 fully saturated rings. The van der Waals surface area contributed by atoms with Crippen molar-refractivity contribution in [1.82, 2.24) is 4.90 Å². The van der Waals surface area contributed by atoms with Crippen LogP contribution in [0.15, 0.2) is 42.5 Å². The van der Waals surface area contributed by atoms with Crippen molar-refractivity contribution in [3.63, 3.8) is 0 Å². The number of fused-ring (bicyclic) bond motifs is 1. The van der Waals surface area contributed by atoms with E-state index in [9.17, 15) is 5.11 Å². The van der Waals surface area contributed by atoms with Gasteiger partial charge in [-0.1, -0.05) is 45.0 Å². The molecule has 1 aliphatic heterocycles. The molecule has 0 spiro atoms. The summed E-state index contributed by atoms with van der Waals surface area (Å²) in [5, 5.41) is 10.4. The van der Waals surface area contributed by atoms with E-state index < -0.39 is 6.10 Å². The predicted molar refractivity (Wildman–Crippen MR) is 110 cm³/mol. The lowest BCUT2D eigenvalue weighted by Crippen LogP contribution is -2.33. The van der Waals surface area contributed by atoms with Gasteiger partial charge in [-0.15, -0.1) is 0 Å². The number of hydrogen-bond acceptors (Lipinski definition) is 5. The van der Waals surface area contributed by atoms with E-state index in [4.69, 9.17) is 14.2 Å². The van der Waals surface area contributed by atoms with Crippen LogP contribution in [-0.2, 0) is 12.0 Å². The van der Waals surface area contributed by atoms with E-state index in [0.717, 1.165) is 28.4 Å². The van der Waals surface area contributed by atoms with Crippen molar-refractivity contribution < 1.29 is 19.3 Å². The van der Waals surface area contributed by atoms with Crippen molar-refractivity contribution in [3.05, 3.63) is 53.6 Å². The van der Waals surface area contributed by atoms with Crippen molar-refractivity contribution in [2.75, 3.05) is 33.4 Å². The van der Waals surface area contributed by atoms with Gasteiger partial charge in [0.25, 0.3) is 0 Å². The molecule has 152 valence electrons. The number of rotatable bonds is 7. The zero-order valence-corrected chi connectivity index (χ0v) is 17.3. The van der Waals surface area contributed by atoms with Gasteiger partial charge in [0.1, 0.15) is 31.7 Å². The zero-order chi connectivity index (χ0) is 20.1. The van der Waals surface area contributed by atoms with E-state index in [-0.39, 0.29) is 12.0 Å². The highest BCUT2D eigenvalue weighted by Gasteiger charge is 2.19. The standard InChI is InChI=1S/C23H31NO4/c1-23(2,3)19-7-5-6-8-20(19)28-16-18(25)15-24(4)14-17-9-10-21-22(13-17)27-12-11-26-21/h5-10,13,18,25H,11-12,14-16H2,1-4H3/t18-/m0/s1. The lowest BCUT2D eigenvalue weighted by molar-refractivity contribution is 0.0736. The van der Waals surface area contributed by atoms with E-state index in [1.807, 2.05) is 43.4 Å².